The second-order valence-corrected chi connectivity index (χ2v) is 5.87. The van der Waals surface area contributed by atoms with Gasteiger partial charge >= 0.3 is 0 Å². The molecule has 0 aromatic carbocycles. The minimum Gasteiger partial charge on any atom is -0.382 e. The van der Waals surface area contributed by atoms with Crippen molar-refractivity contribution in [1.29, 1.82) is 0 Å². The summed E-state index contributed by atoms with van der Waals surface area (Å²) in [6.45, 7) is 0.864. The lowest BCUT2D eigenvalue weighted by Crippen LogP contribution is -2.06. The van der Waals surface area contributed by atoms with Crippen molar-refractivity contribution in [2.75, 3.05) is 17.6 Å². The minimum absolute atomic E-state index is 0.551. The fourth-order valence-electron chi connectivity index (χ4n) is 1.37. The Hall–Kier alpha value is -1.07. The van der Waals surface area contributed by atoms with E-state index in [9.17, 15) is 0 Å². The van der Waals surface area contributed by atoms with E-state index in [1.165, 1.54) is 8.66 Å². The third kappa shape index (κ3) is 2.96. The van der Waals surface area contributed by atoms with Gasteiger partial charge in [-0.1, -0.05) is 0 Å². The van der Waals surface area contributed by atoms with Gasteiger partial charge < -0.3 is 11.1 Å². The van der Waals surface area contributed by atoms with Crippen molar-refractivity contribution >= 4 is 38.8 Å². The molecule has 0 saturated heterocycles. The Morgan fingerprint density at radius 1 is 1.38 bits per heavy atom. The normalized spacial score (nSPS) is 10.3. The summed E-state index contributed by atoms with van der Waals surface area (Å²) in [4.78, 5) is 5.37. The van der Waals surface area contributed by atoms with Crippen molar-refractivity contribution in [3.05, 3.63) is 39.1 Å². The van der Waals surface area contributed by atoms with Gasteiger partial charge in [-0.15, -0.1) is 11.3 Å². The number of halogens is 1. The van der Waals surface area contributed by atoms with Gasteiger partial charge in [0, 0.05) is 17.6 Å². The number of rotatable bonds is 4. The SMILES string of the molecule is Nc1ncccc1NCCc1ccc(Br)s1. The molecule has 0 amide bonds. The Balaban J connectivity index is 1.87. The molecule has 0 bridgehead atoms. The zero-order valence-corrected chi connectivity index (χ0v) is 11.0. The Kier molecular flexibility index (Phi) is 3.79. The Bertz CT molecular complexity index is 470. The van der Waals surface area contributed by atoms with Crippen LogP contribution in [0.4, 0.5) is 11.5 Å². The molecule has 3 N–H and O–H groups in total. The van der Waals surface area contributed by atoms with Crippen LogP contribution in [0.1, 0.15) is 4.88 Å². The lowest BCUT2D eigenvalue weighted by Gasteiger charge is -2.06. The Labute approximate surface area is 107 Å². The third-order valence-electron chi connectivity index (χ3n) is 2.15. The molecule has 84 valence electrons. The molecule has 0 fully saturated rings. The highest BCUT2D eigenvalue weighted by molar-refractivity contribution is 9.11. The molecule has 0 aliphatic heterocycles. The number of thiophene rings is 1. The quantitative estimate of drug-likeness (QED) is 0.911. The van der Waals surface area contributed by atoms with Gasteiger partial charge in [-0.05, 0) is 46.6 Å². The van der Waals surface area contributed by atoms with Gasteiger partial charge in [0.05, 0.1) is 9.47 Å². The van der Waals surface area contributed by atoms with Crippen molar-refractivity contribution < 1.29 is 0 Å². The van der Waals surface area contributed by atoms with Gasteiger partial charge in [0.1, 0.15) is 5.82 Å². The molecule has 0 saturated carbocycles. The highest BCUT2D eigenvalue weighted by Gasteiger charge is 2.00. The Morgan fingerprint density at radius 2 is 2.25 bits per heavy atom. The van der Waals surface area contributed by atoms with Gasteiger partial charge in [0.25, 0.3) is 0 Å². The zero-order valence-electron chi connectivity index (χ0n) is 8.61. The second kappa shape index (κ2) is 5.32. The number of nitrogens with zero attached hydrogens (tertiary/aromatic N) is 1. The maximum Gasteiger partial charge on any atom is 0.146 e. The van der Waals surface area contributed by atoms with E-state index in [2.05, 4.69) is 38.4 Å². The fraction of sp³-hybridized carbons (Fsp3) is 0.182. The van der Waals surface area contributed by atoms with Gasteiger partial charge in [-0.3, -0.25) is 0 Å². The average Bonchev–Trinajstić information content (AvgIpc) is 2.67. The van der Waals surface area contributed by atoms with Crippen LogP contribution in [0.2, 0.25) is 0 Å². The summed E-state index contributed by atoms with van der Waals surface area (Å²) in [6, 6.07) is 8.01. The van der Waals surface area contributed by atoms with Crippen LogP contribution in [0.25, 0.3) is 0 Å². The van der Waals surface area contributed by atoms with Gasteiger partial charge in [0.15, 0.2) is 0 Å². The maximum absolute atomic E-state index is 5.73. The summed E-state index contributed by atoms with van der Waals surface area (Å²) < 4.78 is 1.17. The fourth-order valence-corrected chi connectivity index (χ4v) is 2.86. The molecular formula is C11H12BrN3S. The maximum atomic E-state index is 5.73. The van der Waals surface area contributed by atoms with Crippen molar-refractivity contribution in [2.24, 2.45) is 0 Å². The van der Waals surface area contributed by atoms with Gasteiger partial charge in [0.2, 0.25) is 0 Å². The van der Waals surface area contributed by atoms with E-state index in [1.54, 1.807) is 17.5 Å². The predicted octanol–water partition coefficient (Wildman–Crippen LogP) is 3.14. The number of hydrogen-bond donors (Lipinski definition) is 2. The summed E-state index contributed by atoms with van der Waals surface area (Å²) in [5, 5.41) is 3.27. The average molecular weight is 298 g/mol. The summed E-state index contributed by atoms with van der Waals surface area (Å²) >= 11 is 5.21. The van der Waals surface area contributed by atoms with Crippen LogP contribution in [0.5, 0.6) is 0 Å². The topological polar surface area (TPSA) is 50.9 Å². The molecule has 0 spiro atoms. The second-order valence-electron chi connectivity index (χ2n) is 3.32. The summed E-state index contributed by atoms with van der Waals surface area (Å²) in [6.07, 6.45) is 2.68. The largest absolute Gasteiger partial charge is 0.382 e. The molecule has 2 heterocycles. The monoisotopic (exact) mass is 297 g/mol. The number of pyridine rings is 1. The lowest BCUT2D eigenvalue weighted by molar-refractivity contribution is 1.04. The molecule has 16 heavy (non-hydrogen) atoms. The molecule has 2 rings (SSSR count). The van der Waals surface area contributed by atoms with E-state index >= 15 is 0 Å². The van der Waals surface area contributed by atoms with Crippen LogP contribution in [-0.4, -0.2) is 11.5 Å². The molecule has 0 aliphatic carbocycles. The van der Waals surface area contributed by atoms with Crippen molar-refractivity contribution in [2.45, 2.75) is 6.42 Å². The first-order valence-electron chi connectivity index (χ1n) is 4.94. The van der Waals surface area contributed by atoms with Crippen molar-refractivity contribution in [1.82, 2.24) is 4.98 Å². The first-order chi connectivity index (χ1) is 7.75. The van der Waals surface area contributed by atoms with Crippen LogP contribution in [-0.2, 0) is 6.42 Å². The molecular weight excluding hydrogens is 286 g/mol. The summed E-state index contributed by atoms with van der Waals surface area (Å²) in [7, 11) is 0. The first-order valence-corrected chi connectivity index (χ1v) is 6.55. The van der Waals surface area contributed by atoms with E-state index in [4.69, 9.17) is 5.73 Å². The lowest BCUT2D eigenvalue weighted by atomic mass is 10.3. The van der Waals surface area contributed by atoms with E-state index < -0.39 is 0 Å². The molecule has 2 aromatic heterocycles. The number of aromatic nitrogens is 1. The standard InChI is InChI=1S/C11H12BrN3S/c12-10-4-3-8(16-10)5-7-14-9-2-1-6-15-11(9)13/h1-4,6,14H,5,7H2,(H2,13,15). The molecule has 0 aliphatic rings. The Morgan fingerprint density at radius 3 is 2.94 bits per heavy atom. The number of hydrogen-bond acceptors (Lipinski definition) is 4. The molecule has 2 aromatic rings. The van der Waals surface area contributed by atoms with Crippen LogP contribution < -0.4 is 11.1 Å². The van der Waals surface area contributed by atoms with Crippen molar-refractivity contribution in [3.63, 3.8) is 0 Å². The van der Waals surface area contributed by atoms with Crippen LogP contribution in [0.3, 0.4) is 0 Å². The number of anilines is 2. The van der Waals surface area contributed by atoms with Crippen LogP contribution in [0.15, 0.2) is 34.2 Å². The van der Waals surface area contributed by atoms with Gasteiger partial charge in [-0.2, -0.15) is 0 Å². The highest BCUT2D eigenvalue weighted by Crippen LogP contribution is 2.22. The first kappa shape index (κ1) is 11.4. The molecule has 0 radical (unpaired) electrons. The molecule has 0 atom stereocenters. The number of nitrogens with two attached hydrogens (primary N) is 1. The van der Waals surface area contributed by atoms with Crippen molar-refractivity contribution in [3.8, 4) is 0 Å². The zero-order chi connectivity index (χ0) is 11.4. The smallest absolute Gasteiger partial charge is 0.146 e. The van der Waals surface area contributed by atoms with Crippen LogP contribution >= 0.6 is 27.3 Å². The van der Waals surface area contributed by atoms with E-state index in [-0.39, 0.29) is 0 Å². The molecule has 3 nitrogen and oxygen atoms in total. The molecule has 0 unspecified atom stereocenters. The van der Waals surface area contributed by atoms with E-state index in [1.807, 2.05) is 12.1 Å². The third-order valence-corrected chi connectivity index (χ3v) is 3.84. The summed E-state index contributed by atoms with van der Waals surface area (Å²) in [5.41, 5.74) is 6.63. The predicted molar refractivity (Wildman–Crippen MR) is 72.9 cm³/mol. The number of nitrogen functional groups attached to an aromatic ring is 1. The minimum atomic E-state index is 0.551. The van der Waals surface area contributed by atoms with E-state index in [0.29, 0.717) is 5.82 Å². The number of nitrogens with one attached hydrogen (secondary N) is 1. The highest BCUT2D eigenvalue weighted by atomic mass is 79.9. The molecule has 5 heteroatoms. The summed E-state index contributed by atoms with van der Waals surface area (Å²) in [5.74, 6) is 0.551. The van der Waals surface area contributed by atoms with E-state index in [0.717, 1.165) is 18.7 Å². The van der Waals surface area contributed by atoms with Crippen LogP contribution in [0, 0.1) is 0 Å². The van der Waals surface area contributed by atoms with Gasteiger partial charge in [-0.25, -0.2) is 4.98 Å².